The Labute approximate surface area is 646 Å². The van der Waals surface area contributed by atoms with Crippen LogP contribution in [0.25, 0.3) is 0 Å². The van der Waals surface area contributed by atoms with Crippen molar-refractivity contribution in [3.8, 4) is 0 Å². The van der Waals surface area contributed by atoms with Crippen molar-refractivity contribution >= 4 is 17.1 Å². The van der Waals surface area contributed by atoms with Gasteiger partial charge in [-0.05, 0) is 456 Å². The third-order valence-corrected chi connectivity index (χ3v) is 30.2. The van der Waals surface area contributed by atoms with Gasteiger partial charge in [0, 0.05) is 83.5 Å². The smallest absolute Gasteiger partial charge is 0.0350 e. The van der Waals surface area contributed by atoms with Gasteiger partial charge in [0.2, 0.25) is 0 Å². The van der Waals surface area contributed by atoms with Crippen LogP contribution >= 0.6 is 0 Å². The molecule has 3 unspecified atom stereocenters. The van der Waals surface area contributed by atoms with Crippen LogP contribution in [-0.2, 0) is 32.1 Å². The second-order valence-electron chi connectivity index (χ2n) is 39.0. The molecule has 0 amide bonds. The van der Waals surface area contributed by atoms with Gasteiger partial charge in [-0.25, -0.2) is 0 Å². The molecule has 0 aromatic heterocycles. The topological polar surface area (TPSA) is 324 Å². The molecule has 25 N–H and O–H groups in total. The van der Waals surface area contributed by atoms with Gasteiger partial charge >= 0.3 is 0 Å². The van der Waals surface area contributed by atoms with E-state index in [9.17, 15) is 0 Å². The summed E-state index contributed by atoms with van der Waals surface area (Å²) in [6, 6.07) is 25.6. The van der Waals surface area contributed by atoms with Gasteiger partial charge in [0.15, 0.2) is 0 Å². The van der Waals surface area contributed by atoms with E-state index >= 15 is 0 Å². The molecule has 0 heterocycles. The number of nitrogen functional groups attached to an aromatic ring is 3. The average Bonchev–Trinajstić information content (AvgIpc) is 0.844. The van der Waals surface area contributed by atoms with E-state index in [4.69, 9.17) is 68.8 Å². The third-order valence-electron chi connectivity index (χ3n) is 30.2. The highest BCUT2D eigenvalue weighted by atomic mass is 15.0. The second kappa shape index (κ2) is 43.1. The summed E-state index contributed by atoms with van der Waals surface area (Å²) in [4.78, 5) is 0. The summed E-state index contributed by atoms with van der Waals surface area (Å²) in [7, 11) is 0. The van der Waals surface area contributed by atoms with Crippen molar-refractivity contribution in [3.63, 3.8) is 0 Å². The summed E-state index contributed by atoms with van der Waals surface area (Å²) >= 11 is 0. The lowest BCUT2D eigenvalue weighted by molar-refractivity contribution is 0.150. The van der Waals surface area contributed by atoms with E-state index in [2.05, 4.69) is 59.9 Å². The molecule has 3 aromatic rings. The minimum Gasteiger partial charge on any atom is -0.399 e. The van der Waals surface area contributed by atoms with Gasteiger partial charge < -0.3 is 74.1 Å². The fourth-order valence-corrected chi connectivity index (χ4v) is 22.8. The first-order valence-electron chi connectivity index (χ1n) is 45.5. The van der Waals surface area contributed by atoms with E-state index in [1.165, 1.54) is 316 Å². The summed E-state index contributed by atoms with van der Waals surface area (Å²) in [5.74, 6) is 10.6. The Bertz CT molecular complexity index is 2870. The lowest BCUT2D eigenvalue weighted by atomic mass is 9.69. The van der Waals surface area contributed by atoms with Gasteiger partial charge in [-0.3, -0.25) is 0 Å². The van der Waals surface area contributed by atoms with Crippen molar-refractivity contribution in [1.82, 2.24) is 5.32 Å². The highest BCUT2D eigenvalue weighted by Gasteiger charge is 2.35. The molecule has 106 heavy (non-hydrogen) atoms. The Balaban J connectivity index is 0.000000142. The fourth-order valence-electron chi connectivity index (χ4n) is 22.8. The average molecular weight is 1460 g/mol. The van der Waals surface area contributed by atoms with Gasteiger partial charge in [0.1, 0.15) is 0 Å². The molecule has 11 aliphatic rings. The maximum Gasteiger partial charge on any atom is 0.0350 e. The first kappa shape index (κ1) is 83.6. The molecule has 3 aromatic carbocycles. The predicted octanol–water partition coefficient (Wildman–Crippen LogP) is 17.0. The van der Waals surface area contributed by atoms with Crippen molar-refractivity contribution in [2.75, 3.05) is 17.2 Å². The highest BCUT2D eigenvalue weighted by Crippen LogP contribution is 2.43. The van der Waals surface area contributed by atoms with Crippen molar-refractivity contribution in [2.24, 2.45) is 123 Å². The Morgan fingerprint density at radius 1 is 0.236 bits per heavy atom. The molecular formula is C93H161N13. The minimum absolute atomic E-state index is 0.389. The molecule has 0 saturated heterocycles. The molecule has 14 rings (SSSR count). The Kier molecular flexibility index (Phi) is 34.0. The van der Waals surface area contributed by atoms with Gasteiger partial charge in [0.25, 0.3) is 0 Å². The number of hydrogen-bond donors (Lipinski definition) is 13. The monoisotopic (exact) mass is 1460 g/mol. The van der Waals surface area contributed by atoms with E-state index in [-0.39, 0.29) is 0 Å². The zero-order chi connectivity index (χ0) is 74.3. The molecule has 3 atom stereocenters. The number of nitrogens with one attached hydrogen (secondary N) is 1. The summed E-state index contributed by atoms with van der Waals surface area (Å²) < 4.78 is 0. The van der Waals surface area contributed by atoms with Gasteiger partial charge in [0.05, 0.1) is 0 Å². The summed E-state index contributed by atoms with van der Waals surface area (Å²) in [5, 5.41) is 4.08. The largest absolute Gasteiger partial charge is 0.399 e. The van der Waals surface area contributed by atoms with Crippen LogP contribution in [0.15, 0.2) is 54.6 Å². The molecule has 11 saturated carbocycles. The first-order valence-corrected chi connectivity index (χ1v) is 45.5. The second-order valence-corrected chi connectivity index (χ2v) is 39.0. The fraction of sp³-hybridized carbons (Fsp3) is 0.806. The van der Waals surface area contributed by atoms with E-state index in [1.54, 1.807) is 0 Å². The maximum absolute atomic E-state index is 6.50. The lowest BCUT2D eigenvalue weighted by Gasteiger charge is -2.39. The number of benzene rings is 3. The number of hydrogen-bond acceptors (Lipinski definition) is 13. The van der Waals surface area contributed by atoms with Crippen molar-refractivity contribution in [1.29, 1.82) is 0 Å². The van der Waals surface area contributed by atoms with Crippen LogP contribution in [0.3, 0.4) is 0 Å². The third kappa shape index (κ3) is 28.1. The molecule has 13 nitrogen and oxygen atoms in total. The lowest BCUT2D eigenvalue weighted by Crippen LogP contribution is -2.42. The van der Waals surface area contributed by atoms with Crippen molar-refractivity contribution in [2.45, 2.75) is 400 Å². The summed E-state index contributed by atoms with van der Waals surface area (Å²) in [5.41, 5.74) is 84.7. The first-order chi connectivity index (χ1) is 51.3. The van der Waals surface area contributed by atoms with Gasteiger partial charge in [-0.1, -0.05) is 36.4 Å². The van der Waals surface area contributed by atoms with Crippen LogP contribution in [0.1, 0.15) is 335 Å². The molecule has 11 fully saturated rings. The normalized spacial score (nSPS) is 36.8. The van der Waals surface area contributed by atoms with Crippen molar-refractivity contribution in [3.05, 3.63) is 88.0 Å². The Morgan fingerprint density at radius 2 is 0.481 bits per heavy atom. The van der Waals surface area contributed by atoms with Crippen LogP contribution in [0.2, 0.25) is 0 Å². The van der Waals surface area contributed by atoms with E-state index in [0.29, 0.717) is 60.3 Å². The van der Waals surface area contributed by atoms with E-state index in [0.717, 1.165) is 146 Å². The maximum atomic E-state index is 6.50. The molecule has 598 valence electrons. The Morgan fingerprint density at radius 3 is 0.821 bits per heavy atom. The summed E-state index contributed by atoms with van der Waals surface area (Å²) in [6.07, 6.45) is 67.2. The predicted molar refractivity (Wildman–Crippen MR) is 452 cm³/mol. The number of nitrogens with two attached hydrogens (primary N) is 12. The standard InChI is InChI=1S/C27H40N4.C26H49N3.C20H39N3.C20H33N3/c28-24-7-1-18(2-8-24)13-20-5-11-27(31)23(15-20)17-21-6-12-26(30)22(16-21)14-19-3-9-25(29)10-4-19;27-23-9-1-19(2-10-23)17-21-5-13-25(14-6-21)29-26-15-7-22(8-16-26)18-20-3-11-24(28)12-4-20;2*21-18-6-1-14(2-7-18)11-16-5-10-20(23)17(13-16)12-15-3-8-19(22)9-4-15/h5-6,11-12,15-16,18-19,24-25H,1-4,7-10,13-14,17,28-31H2;19-26,29H,1-18,27-28H2;14-20H,1-13,21-23H2;5,10,13-15,18-19H,1-4,6-9,11-12,21-23H2. The quantitative estimate of drug-likeness (QED) is 0.0469. The van der Waals surface area contributed by atoms with E-state index < -0.39 is 0 Å². The molecule has 0 radical (unpaired) electrons. The minimum atomic E-state index is 0.389. The van der Waals surface area contributed by atoms with Crippen molar-refractivity contribution < 1.29 is 0 Å². The number of rotatable bonds is 20. The van der Waals surface area contributed by atoms with Gasteiger partial charge in [-0.15, -0.1) is 0 Å². The molecule has 0 bridgehead atoms. The highest BCUT2D eigenvalue weighted by molar-refractivity contribution is 5.54. The van der Waals surface area contributed by atoms with Crippen LogP contribution in [-0.4, -0.2) is 66.5 Å². The zero-order valence-corrected chi connectivity index (χ0v) is 67.2. The zero-order valence-electron chi connectivity index (χ0n) is 67.2. The van der Waals surface area contributed by atoms with Crippen LogP contribution < -0.4 is 74.1 Å². The number of anilines is 3. The summed E-state index contributed by atoms with van der Waals surface area (Å²) in [6.45, 7) is 0. The van der Waals surface area contributed by atoms with Crippen LogP contribution in [0.5, 0.6) is 0 Å². The molecule has 0 aliphatic heterocycles. The molecule has 11 aliphatic carbocycles. The Hall–Kier alpha value is -3.34. The van der Waals surface area contributed by atoms with Crippen LogP contribution in [0.4, 0.5) is 17.1 Å². The van der Waals surface area contributed by atoms with Gasteiger partial charge in [-0.2, -0.15) is 0 Å². The molecule has 0 spiro atoms. The molecular weight excluding hydrogens is 1300 g/mol. The van der Waals surface area contributed by atoms with Crippen LogP contribution in [0, 0.1) is 71.0 Å². The SMILES string of the molecule is NC1CCC(CC2CCC(N)C(CC3CCC(N)CC3)C2)CC1.NC1CCC(CC2CCC(NC3CCC(CC4CCC(N)CC4)CC3)CC2)CC1.Nc1ccc(CC2CCC(N)CC2)cc1CC1CCC(N)CC1.Nc1ccc(CC2CCC(N)CC2)cc1Cc1ccc(N)c(CC2CCC(N)CC2)c1. The molecule has 13 heteroatoms. The van der Waals surface area contributed by atoms with E-state index in [1.807, 2.05) is 0 Å².